The van der Waals surface area contributed by atoms with Gasteiger partial charge in [0.05, 0.1) is 27.4 Å². The van der Waals surface area contributed by atoms with Crippen molar-refractivity contribution in [3.8, 4) is 0 Å². The molecule has 6 nitrogen and oxygen atoms in total. The number of aromatic nitrogens is 3. The van der Waals surface area contributed by atoms with E-state index in [-0.39, 0.29) is 5.91 Å². The molecule has 2 heterocycles. The van der Waals surface area contributed by atoms with Gasteiger partial charge in [0.1, 0.15) is 5.69 Å². The maximum Gasteiger partial charge on any atom is 0.280 e. The highest BCUT2D eigenvalue weighted by Gasteiger charge is 2.23. The number of hydrogen-bond donors (Lipinski definition) is 0. The molecule has 0 atom stereocenters. The largest absolute Gasteiger partial charge is 0.302 e. The lowest BCUT2D eigenvalue weighted by Crippen LogP contribution is -2.39. The van der Waals surface area contributed by atoms with Crippen LogP contribution in [-0.2, 0) is 0 Å². The zero-order valence-electron chi connectivity index (χ0n) is 16.9. The molecule has 0 N–H and O–H groups in total. The number of para-hydroxylation sites is 2. The summed E-state index contributed by atoms with van der Waals surface area (Å²) in [6, 6.07) is 13.5. The first-order valence-corrected chi connectivity index (χ1v) is 11.5. The summed E-state index contributed by atoms with van der Waals surface area (Å²) in [6.45, 7) is 7.41. The van der Waals surface area contributed by atoms with E-state index in [0.717, 1.165) is 39.8 Å². The van der Waals surface area contributed by atoms with Gasteiger partial charge in [0.15, 0.2) is 5.13 Å². The molecule has 0 aliphatic heterocycles. The van der Waals surface area contributed by atoms with Crippen molar-refractivity contribution >= 4 is 59.6 Å². The van der Waals surface area contributed by atoms with Gasteiger partial charge in [-0.15, -0.1) is 0 Å². The maximum absolute atomic E-state index is 13.5. The Morgan fingerprint density at radius 2 is 1.77 bits per heavy atom. The van der Waals surface area contributed by atoms with Crippen LogP contribution in [0.3, 0.4) is 0 Å². The molecule has 30 heavy (non-hydrogen) atoms. The number of halogens is 1. The standard InChI is InChI=1S/C22H22BrN5OS/c1-3-27(4-2)11-12-28(22-26-18-10-9-15(23)13-20(18)30-22)21(29)19-14-24-16-7-5-6-8-17(16)25-19/h5-10,13-14H,3-4,11-12H2,1-2H3. The maximum atomic E-state index is 13.5. The van der Waals surface area contributed by atoms with Crippen LogP contribution >= 0.6 is 27.3 Å². The van der Waals surface area contributed by atoms with Crippen LogP contribution in [0.5, 0.6) is 0 Å². The lowest BCUT2D eigenvalue weighted by molar-refractivity contribution is 0.0979. The van der Waals surface area contributed by atoms with Crippen molar-refractivity contribution in [2.24, 2.45) is 0 Å². The minimum atomic E-state index is -0.182. The lowest BCUT2D eigenvalue weighted by atomic mass is 10.3. The minimum Gasteiger partial charge on any atom is -0.302 e. The number of thiazole rings is 1. The number of rotatable bonds is 7. The summed E-state index contributed by atoms with van der Waals surface area (Å²) in [5.74, 6) is -0.182. The third kappa shape index (κ3) is 4.35. The van der Waals surface area contributed by atoms with E-state index in [1.165, 1.54) is 11.3 Å². The van der Waals surface area contributed by atoms with Gasteiger partial charge in [-0.3, -0.25) is 14.7 Å². The van der Waals surface area contributed by atoms with E-state index in [1.807, 2.05) is 42.5 Å². The first-order valence-electron chi connectivity index (χ1n) is 9.91. The van der Waals surface area contributed by atoms with Crippen LogP contribution < -0.4 is 4.90 Å². The Morgan fingerprint density at radius 1 is 1.00 bits per heavy atom. The van der Waals surface area contributed by atoms with Crippen molar-refractivity contribution < 1.29 is 4.79 Å². The third-order valence-corrected chi connectivity index (χ3v) is 6.55. The molecular formula is C22H22BrN5OS. The number of likely N-dealkylation sites (N-methyl/N-ethyl adjacent to an activating group) is 1. The summed E-state index contributed by atoms with van der Waals surface area (Å²) in [6.07, 6.45) is 1.55. The molecule has 0 unspecified atom stereocenters. The Morgan fingerprint density at radius 3 is 2.53 bits per heavy atom. The molecule has 0 bridgehead atoms. The fourth-order valence-corrected chi connectivity index (χ4v) is 4.81. The zero-order chi connectivity index (χ0) is 21.1. The molecule has 1 amide bonds. The van der Waals surface area contributed by atoms with E-state index in [0.29, 0.717) is 22.9 Å². The second-order valence-electron chi connectivity index (χ2n) is 6.84. The topological polar surface area (TPSA) is 62.2 Å². The van der Waals surface area contributed by atoms with E-state index in [4.69, 9.17) is 4.98 Å². The molecule has 0 fully saturated rings. The van der Waals surface area contributed by atoms with E-state index in [2.05, 4.69) is 44.6 Å². The molecule has 4 aromatic rings. The van der Waals surface area contributed by atoms with Crippen molar-refractivity contribution in [3.05, 3.63) is 58.8 Å². The normalized spacial score (nSPS) is 11.5. The fourth-order valence-electron chi connectivity index (χ4n) is 3.27. The van der Waals surface area contributed by atoms with Crippen molar-refractivity contribution in [2.75, 3.05) is 31.1 Å². The van der Waals surface area contributed by atoms with Crippen LogP contribution in [0, 0.1) is 0 Å². The van der Waals surface area contributed by atoms with Crippen LogP contribution in [0.1, 0.15) is 24.3 Å². The number of nitrogens with zero attached hydrogens (tertiary/aromatic N) is 5. The summed E-state index contributed by atoms with van der Waals surface area (Å²) in [5.41, 5.74) is 2.69. The Labute approximate surface area is 187 Å². The van der Waals surface area contributed by atoms with E-state index in [9.17, 15) is 4.79 Å². The number of fused-ring (bicyclic) bond motifs is 2. The zero-order valence-corrected chi connectivity index (χ0v) is 19.3. The number of anilines is 1. The van der Waals surface area contributed by atoms with Crippen LogP contribution in [0.4, 0.5) is 5.13 Å². The molecule has 0 aliphatic carbocycles. The summed E-state index contributed by atoms with van der Waals surface area (Å²) in [4.78, 5) is 31.2. The average Bonchev–Trinajstić information content (AvgIpc) is 3.18. The summed E-state index contributed by atoms with van der Waals surface area (Å²) in [7, 11) is 0. The second-order valence-corrected chi connectivity index (χ2v) is 8.76. The molecule has 2 aromatic carbocycles. The Bertz CT molecular complexity index is 1190. The number of carbonyl (C=O) groups excluding carboxylic acids is 1. The Kier molecular flexibility index (Phi) is 6.36. The summed E-state index contributed by atoms with van der Waals surface area (Å²) in [5, 5.41) is 0.676. The van der Waals surface area contributed by atoms with Gasteiger partial charge in [-0.25, -0.2) is 9.97 Å². The molecule has 8 heteroatoms. The molecule has 2 aromatic heterocycles. The predicted octanol–water partition coefficient (Wildman–Crippen LogP) is 4.99. The predicted molar refractivity (Wildman–Crippen MR) is 126 cm³/mol. The van der Waals surface area contributed by atoms with E-state index >= 15 is 0 Å². The van der Waals surface area contributed by atoms with Crippen molar-refractivity contribution in [3.63, 3.8) is 0 Å². The van der Waals surface area contributed by atoms with Crippen LogP contribution in [0.2, 0.25) is 0 Å². The monoisotopic (exact) mass is 483 g/mol. The van der Waals surface area contributed by atoms with Gasteiger partial charge in [-0.05, 0) is 43.4 Å². The molecule has 154 valence electrons. The van der Waals surface area contributed by atoms with Gasteiger partial charge in [0.2, 0.25) is 0 Å². The molecule has 0 saturated heterocycles. The molecule has 0 spiro atoms. The molecule has 0 saturated carbocycles. The van der Waals surface area contributed by atoms with Gasteiger partial charge in [0, 0.05) is 17.6 Å². The Balaban J connectivity index is 1.71. The molecular weight excluding hydrogens is 462 g/mol. The van der Waals surface area contributed by atoms with Crippen LogP contribution in [0.15, 0.2) is 53.1 Å². The van der Waals surface area contributed by atoms with E-state index in [1.54, 1.807) is 11.1 Å². The third-order valence-electron chi connectivity index (χ3n) is 5.02. The fraction of sp³-hybridized carbons (Fsp3) is 0.273. The SMILES string of the molecule is CCN(CC)CCN(C(=O)c1cnc2ccccc2n1)c1nc2ccc(Br)cc2s1. The van der Waals surface area contributed by atoms with Gasteiger partial charge in [-0.2, -0.15) is 0 Å². The summed E-state index contributed by atoms with van der Waals surface area (Å²) < 4.78 is 2.02. The van der Waals surface area contributed by atoms with Crippen LogP contribution in [0.25, 0.3) is 21.3 Å². The van der Waals surface area contributed by atoms with Gasteiger partial charge in [-0.1, -0.05) is 53.2 Å². The number of hydrogen-bond acceptors (Lipinski definition) is 6. The molecule has 0 radical (unpaired) electrons. The number of benzene rings is 2. The van der Waals surface area contributed by atoms with Crippen molar-refractivity contribution in [1.82, 2.24) is 19.9 Å². The molecule has 4 rings (SSSR count). The molecule has 0 aliphatic rings. The smallest absolute Gasteiger partial charge is 0.280 e. The quantitative estimate of drug-likeness (QED) is 0.370. The van der Waals surface area contributed by atoms with Gasteiger partial charge < -0.3 is 4.90 Å². The van der Waals surface area contributed by atoms with Crippen molar-refractivity contribution in [1.29, 1.82) is 0 Å². The minimum absolute atomic E-state index is 0.182. The van der Waals surface area contributed by atoms with E-state index < -0.39 is 0 Å². The van der Waals surface area contributed by atoms with Crippen molar-refractivity contribution in [2.45, 2.75) is 13.8 Å². The van der Waals surface area contributed by atoms with Crippen LogP contribution in [-0.4, -0.2) is 51.9 Å². The summed E-state index contributed by atoms with van der Waals surface area (Å²) >= 11 is 5.02. The second kappa shape index (κ2) is 9.16. The van der Waals surface area contributed by atoms with Gasteiger partial charge in [0.25, 0.3) is 5.91 Å². The number of carbonyl (C=O) groups is 1. The highest BCUT2D eigenvalue weighted by molar-refractivity contribution is 9.10. The first-order chi connectivity index (χ1) is 14.6. The lowest BCUT2D eigenvalue weighted by Gasteiger charge is -2.24. The number of amides is 1. The average molecular weight is 484 g/mol. The highest BCUT2D eigenvalue weighted by Crippen LogP contribution is 2.31. The van der Waals surface area contributed by atoms with Gasteiger partial charge >= 0.3 is 0 Å². The Hall–Kier alpha value is -2.42. The first kappa shape index (κ1) is 20.8. The highest BCUT2D eigenvalue weighted by atomic mass is 79.9.